The molecular formula is C12H16N4O5S. The number of thioether (sulfide) groups is 1. The van der Waals surface area contributed by atoms with Crippen molar-refractivity contribution in [3.05, 3.63) is 22.7 Å². The lowest BCUT2D eigenvalue weighted by Gasteiger charge is -2.21. The highest BCUT2D eigenvalue weighted by Crippen LogP contribution is 2.30. The quantitative estimate of drug-likeness (QED) is 0.567. The Morgan fingerprint density at radius 3 is 2.86 bits per heavy atom. The van der Waals surface area contributed by atoms with Crippen molar-refractivity contribution < 1.29 is 19.7 Å². The molecule has 0 radical (unpaired) electrons. The molecule has 1 amide bonds. The smallest absolute Gasteiger partial charge is 0.351 e. The van der Waals surface area contributed by atoms with E-state index in [0.717, 1.165) is 10.3 Å². The number of rotatable bonds is 2. The van der Waals surface area contributed by atoms with Crippen LogP contribution in [0, 0.1) is 0 Å². The van der Waals surface area contributed by atoms with Crippen LogP contribution in [0.4, 0.5) is 5.82 Å². The average molecular weight is 328 g/mol. The molecule has 1 aromatic rings. The van der Waals surface area contributed by atoms with Gasteiger partial charge >= 0.3 is 5.69 Å². The van der Waals surface area contributed by atoms with E-state index in [1.165, 1.54) is 12.3 Å². The summed E-state index contributed by atoms with van der Waals surface area (Å²) in [6.45, 7) is 0.570. The van der Waals surface area contributed by atoms with Crippen molar-refractivity contribution in [2.24, 2.45) is 0 Å². The fraction of sp³-hybridized carbons (Fsp3) is 0.583. The summed E-state index contributed by atoms with van der Waals surface area (Å²) < 4.78 is 6.46. The zero-order chi connectivity index (χ0) is 15.9. The van der Waals surface area contributed by atoms with Crippen LogP contribution in [0.2, 0.25) is 0 Å². The molecule has 3 heterocycles. The summed E-state index contributed by atoms with van der Waals surface area (Å²) in [5.41, 5.74) is 4.68. The van der Waals surface area contributed by atoms with Crippen LogP contribution in [0.15, 0.2) is 17.1 Å². The van der Waals surface area contributed by atoms with E-state index >= 15 is 0 Å². The monoisotopic (exact) mass is 328 g/mol. The van der Waals surface area contributed by atoms with E-state index in [-0.39, 0.29) is 5.82 Å². The summed E-state index contributed by atoms with van der Waals surface area (Å²) in [6, 6.07) is 1.37. The third kappa shape index (κ3) is 2.58. The van der Waals surface area contributed by atoms with Crippen LogP contribution in [0.3, 0.4) is 0 Å². The number of nitrogens with two attached hydrogens (primary N) is 1. The van der Waals surface area contributed by atoms with E-state index < -0.39 is 36.1 Å². The molecule has 0 bridgehead atoms. The number of aromatic nitrogens is 2. The van der Waals surface area contributed by atoms with Crippen LogP contribution in [0.1, 0.15) is 6.23 Å². The Balaban J connectivity index is 1.83. The van der Waals surface area contributed by atoms with Gasteiger partial charge in [0.15, 0.2) is 12.3 Å². The van der Waals surface area contributed by atoms with Gasteiger partial charge in [-0.15, -0.1) is 11.8 Å². The van der Waals surface area contributed by atoms with Gasteiger partial charge in [-0.05, 0) is 6.07 Å². The second kappa shape index (κ2) is 5.88. The highest BCUT2D eigenvalue weighted by atomic mass is 32.2. The molecule has 2 fully saturated rings. The van der Waals surface area contributed by atoms with Gasteiger partial charge in [-0.25, -0.2) is 4.79 Å². The summed E-state index contributed by atoms with van der Waals surface area (Å²) in [6.07, 6.45) is -3.90. The molecule has 2 aliphatic rings. The number of anilines is 1. The van der Waals surface area contributed by atoms with Crippen molar-refractivity contribution >= 4 is 23.5 Å². The molecule has 0 spiro atoms. The lowest BCUT2D eigenvalue weighted by atomic mass is 10.1. The summed E-state index contributed by atoms with van der Waals surface area (Å²) in [7, 11) is 0. The number of amides is 1. The van der Waals surface area contributed by atoms with Gasteiger partial charge in [0.25, 0.3) is 5.91 Å². The highest BCUT2D eigenvalue weighted by molar-refractivity contribution is 7.99. The zero-order valence-electron chi connectivity index (χ0n) is 11.5. The van der Waals surface area contributed by atoms with Gasteiger partial charge in [0.05, 0.1) is 5.88 Å². The van der Waals surface area contributed by atoms with E-state index in [1.54, 1.807) is 16.7 Å². The van der Waals surface area contributed by atoms with Crippen LogP contribution in [0.5, 0.6) is 0 Å². The van der Waals surface area contributed by atoms with E-state index in [0.29, 0.717) is 12.4 Å². The molecule has 0 aliphatic carbocycles. The number of nitrogen functional groups attached to an aromatic ring is 1. The third-order valence-corrected chi connectivity index (χ3v) is 4.64. The van der Waals surface area contributed by atoms with Gasteiger partial charge < -0.3 is 25.6 Å². The topological polar surface area (TPSA) is 131 Å². The number of aliphatic hydroxyl groups is 2. The minimum absolute atomic E-state index is 0.0380. The Morgan fingerprint density at radius 1 is 1.45 bits per heavy atom. The Kier molecular flexibility index (Phi) is 4.08. The molecule has 2 aliphatic heterocycles. The van der Waals surface area contributed by atoms with Crippen molar-refractivity contribution in [2.75, 3.05) is 23.9 Å². The summed E-state index contributed by atoms with van der Waals surface area (Å²) in [5, 5.41) is 20.2. The maximum atomic E-state index is 12.3. The number of ether oxygens (including phenoxy) is 1. The van der Waals surface area contributed by atoms with Gasteiger partial charge in [-0.1, -0.05) is 0 Å². The lowest BCUT2D eigenvalue weighted by Crippen LogP contribution is -2.44. The third-order valence-electron chi connectivity index (χ3n) is 3.67. The molecule has 1 aromatic heterocycles. The summed E-state index contributed by atoms with van der Waals surface area (Å²) in [4.78, 5) is 29.2. The van der Waals surface area contributed by atoms with Crippen molar-refractivity contribution in [1.29, 1.82) is 0 Å². The van der Waals surface area contributed by atoms with Crippen LogP contribution in [-0.2, 0) is 9.53 Å². The molecule has 10 heteroatoms. The van der Waals surface area contributed by atoms with Gasteiger partial charge in [0.1, 0.15) is 18.0 Å². The highest BCUT2D eigenvalue weighted by Gasteiger charge is 2.49. The number of carbonyl (C=O) groups excluding carboxylic acids is 1. The fourth-order valence-corrected chi connectivity index (χ4v) is 3.44. The van der Waals surface area contributed by atoms with Crippen LogP contribution >= 0.6 is 11.8 Å². The molecule has 22 heavy (non-hydrogen) atoms. The minimum atomic E-state index is -1.41. The number of carbonyl (C=O) groups is 1. The molecule has 0 unspecified atom stereocenters. The van der Waals surface area contributed by atoms with E-state index in [1.807, 2.05) is 0 Å². The van der Waals surface area contributed by atoms with Crippen LogP contribution < -0.4 is 11.4 Å². The number of hydrogen-bond donors (Lipinski definition) is 3. The number of aliphatic hydroxyl groups excluding tert-OH is 2. The molecular weight excluding hydrogens is 312 g/mol. The van der Waals surface area contributed by atoms with E-state index in [2.05, 4.69) is 4.98 Å². The Morgan fingerprint density at radius 2 is 2.23 bits per heavy atom. The first-order valence-electron chi connectivity index (χ1n) is 6.72. The molecule has 4 N–H and O–H groups in total. The van der Waals surface area contributed by atoms with Crippen LogP contribution in [0.25, 0.3) is 0 Å². The number of nitrogens with zero attached hydrogens (tertiary/aromatic N) is 3. The largest absolute Gasteiger partial charge is 0.387 e. The lowest BCUT2D eigenvalue weighted by molar-refractivity contribution is -0.147. The first kappa shape index (κ1) is 15.3. The van der Waals surface area contributed by atoms with Crippen molar-refractivity contribution in [3.63, 3.8) is 0 Å². The first-order valence-corrected chi connectivity index (χ1v) is 7.87. The molecule has 0 aromatic carbocycles. The predicted octanol–water partition coefficient (Wildman–Crippen LogP) is -2.02. The second-order valence-corrected chi connectivity index (χ2v) is 6.18. The van der Waals surface area contributed by atoms with Crippen molar-refractivity contribution in [1.82, 2.24) is 14.5 Å². The standard InChI is InChI=1S/C12H16N4O5S/c13-6-1-2-16(12(20)14-6)11-8(18)7(17)9(21-11)10(19)15-3-4-22-5-15/h1-2,7-9,11,17-18H,3-5H2,(H2,13,14,20)/t7-,8+,9-,11+/m0/s1. The van der Waals surface area contributed by atoms with Crippen LogP contribution in [-0.4, -0.2) is 67.1 Å². The first-order chi connectivity index (χ1) is 10.5. The Hall–Kier alpha value is -1.62. The zero-order valence-corrected chi connectivity index (χ0v) is 12.3. The van der Waals surface area contributed by atoms with Gasteiger partial charge in [-0.3, -0.25) is 9.36 Å². The molecule has 0 saturated carbocycles. The normalized spacial score (nSPS) is 31.6. The van der Waals surface area contributed by atoms with Crippen molar-refractivity contribution in [2.45, 2.75) is 24.5 Å². The second-order valence-electron chi connectivity index (χ2n) is 5.11. The Bertz CT molecular complexity index is 632. The van der Waals surface area contributed by atoms with Gasteiger partial charge in [0, 0.05) is 18.5 Å². The van der Waals surface area contributed by atoms with Gasteiger partial charge in [-0.2, -0.15) is 4.98 Å². The van der Waals surface area contributed by atoms with E-state index in [9.17, 15) is 19.8 Å². The molecule has 9 nitrogen and oxygen atoms in total. The summed E-state index contributed by atoms with van der Waals surface area (Å²) in [5.74, 6) is 0.990. The summed E-state index contributed by atoms with van der Waals surface area (Å²) >= 11 is 1.60. The number of hydrogen-bond acceptors (Lipinski definition) is 8. The van der Waals surface area contributed by atoms with Crippen molar-refractivity contribution in [3.8, 4) is 0 Å². The minimum Gasteiger partial charge on any atom is -0.387 e. The maximum Gasteiger partial charge on any atom is 0.351 e. The Labute approximate surface area is 129 Å². The predicted molar refractivity (Wildman–Crippen MR) is 77.9 cm³/mol. The van der Waals surface area contributed by atoms with E-state index in [4.69, 9.17) is 10.5 Å². The molecule has 4 atom stereocenters. The molecule has 2 saturated heterocycles. The molecule has 3 rings (SSSR count). The SMILES string of the molecule is Nc1ccn([C@@H]2O[C@H](C(=O)N3CCSC3)[C@@H](O)[C@H]2O)c(=O)n1. The maximum absolute atomic E-state index is 12.3. The average Bonchev–Trinajstić information content (AvgIpc) is 3.10. The molecule has 120 valence electrons. The van der Waals surface area contributed by atoms with Gasteiger partial charge in [0.2, 0.25) is 0 Å². The fourth-order valence-electron chi connectivity index (χ4n) is 2.48.